The summed E-state index contributed by atoms with van der Waals surface area (Å²) in [6, 6.07) is 11.3. The van der Waals surface area contributed by atoms with Gasteiger partial charge in [0.2, 0.25) is 0 Å². The van der Waals surface area contributed by atoms with Gasteiger partial charge in [0.25, 0.3) is 0 Å². The van der Waals surface area contributed by atoms with Crippen LogP contribution in [0.5, 0.6) is 0 Å². The number of benzene rings is 1. The van der Waals surface area contributed by atoms with Crippen LogP contribution in [0.25, 0.3) is 0 Å². The Bertz CT molecular complexity index is 258. The first kappa shape index (κ1) is 8.57. The highest BCUT2D eigenvalue weighted by Crippen LogP contribution is 2.25. The quantitative estimate of drug-likeness (QED) is 0.750. The highest BCUT2D eigenvalue weighted by Gasteiger charge is 2.26. The van der Waals surface area contributed by atoms with Gasteiger partial charge in [0.15, 0.2) is 0 Å². The lowest BCUT2D eigenvalue weighted by Crippen LogP contribution is -2.52. The summed E-state index contributed by atoms with van der Waals surface area (Å²) in [6.07, 6.45) is 1.32. The van der Waals surface area contributed by atoms with Crippen molar-refractivity contribution in [1.29, 1.82) is 0 Å². The zero-order valence-electron chi connectivity index (χ0n) is 8.03. The Kier molecular flexibility index (Phi) is 2.50. The molecule has 1 atom stereocenters. The van der Waals surface area contributed by atoms with Crippen LogP contribution in [-0.2, 0) is 0 Å². The number of anilines is 1. The molecule has 1 aliphatic rings. The normalized spacial score (nSPS) is 21.3. The largest absolute Gasteiger partial charge is 0.367 e. The summed E-state index contributed by atoms with van der Waals surface area (Å²) in [5.74, 6) is 0. The molecule has 1 aromatic carbocycles. The lowest BCUT2D eigenvalue weighted by atomic mass is 10.0. The zero-order chi connectivity index (χ0) is 9.10. The number of rotatable bonds is 3. The lowest BCUT2D eigenvalue weighted by Gasteiger charge is -2.43. The molecule has 0 aliphatic carbocycles. The van der Waals surface area contributed by atoms with Crippen molar-refractivity contribution in [3.05, 3.63) is 30.3 Å². The lowest BCUT2D eigenvalue weighted by molar-refractivity contribution is 0.434. The second-order valence-corrected chi connectivity index (χ2v) is 3.53. The molecule has 0 aromatic heterocycles. The first-order valence-electron chi connectivity index (χ1n) is 4.88. The zero-order valence-corrected chi connectivity index (χ0v) is 8.03. The van der Waals surface area contributed by atoms with Crippen molar-refractivity contribution >= 4 is 5.69 Å². The van der Waals surface area contributed by atoms with Crippen LogP contribution in [0.3, 0.4) is 0 Å². The number of hydrogen-bond acceptors (Lipinski definition) is 2. The molecule has 13 heavy (non-hydrogen) atoms. The average Bonchev–Trinajstić information content (AvgIpc) is 2.14. The monoisotopic (exact) mass is 176 g/mol. The molecule has 2 rings (SSSR count). The van der Waals surface area contributed by atoms with Gasteiger partial charge < -0.3 is 10.2 Å². The van der Waals surface area contributed by atoms with Crippen LogP contribution in [-0.4, -0.2) is 26.2 Å². The van der Waals surface area contributed by atoms with Gasteiger partial charge in [-0.05, 0) is 25.6 Å². The topological polar surface area (TPSA) is 15.3 Å². The van der Waals surface area contributed by atoms with Gasteiger partial charge in [0.05, 0.1) is 0 Å². The van der Waals surface area contributed by atoms with Gasteiger partial charge in [-0.2, -0.15) is 0 Å². The van der Waals surface area contributed by atoms with E-state index in [1.807, 2.05) is 7.05 Å². The first-order chi connectivity index (χ1) is 6.42. The average molecular weight is 176 g/mol. The van der Waals surface area contributed by atoms with E-state index in [-0.39, 0.29) is 0 Å². The summed E-state index contributed by atoms with van der Waals surface area (Å²) in [5, 5.41) is 3.23. The van der Waals surface area contributed by atoms with Crippen molar-refractivity contribution in [2.75, 3.05) is 25.0 Å². The van der Waals surface area contributed by atoms with E-state index < -0.39 is 0 Å². The number of likely N-dealkylation sites (N-methyl/N-ethyl adjacent to an activating group) is 1. The number of para-hydroxylation sites is 1. The SMILES string of the molecule is CNCC1CCN1c1ccccc1. The van der Waals surface area contributed by atoms with Gasteiger partial charge in [-0.15, -0.1) is 0 Å². The summed E-state index contributed by atoms with van der Waals surface area (Å²) in [4.78, 5) is 2.45. The molecule has 70 valence electrons. The van der Waals surface area contributed by atoms with Crippen LogP contribution in [0, 0.1) is 0 Å². The molecule has 1 heterocycles. The van der Waals surface area contributed by atoms with Gasteiger partial charge in [-0.1, -0.05) is 18.2 Å². The molecule has 0 radical (unpaired) electrons. The van der Waals surface area contributed by atoms with Crippen LogP contribution in [0.2, 0.25) is 0 Å². The fourth-order valence-electron chi connectivity index (χ4n) is 1.85. The maximum absolute atomic E-state index is 3.23. The molecule has 1 aliphatic heterocycles. The second-order valence-electron chi connectivity index (χ2n) is 3.53. The van der Waals surface area contributed by atoms with Crippen molar-refractivity contribution in [2.45, 2.75) is 12.5 Å². The van der Waals surface area contributed by atoms with Gasteiger partial charge >= 0.3 is 0 Å². The highest BCUT2D eigenvalue weighted by atomic mass is 15.2. The van der Waals surface area contributed by atoms with Gasteiger partial charge in [-0.25, -0.2) is 0 Å². The Balaban J connectivity index is 2.02. The predicted molar refractivity (Wildman–Crippen MR) is 56.1 cm³/mol. The minimum Gasteiger partial charge on any atom is -0.367 e. The first-order valence-corrected chi connectivity index (χ1v) is 4.88. The molecule has 0 amide bonds. The Morgan fingerprint density at radius 2 is 2.15 bits per heavy atom. The highest BCUT2D eigenvalue weighted by molar-refractivity contribution is 5.49. The summed E-state index contributed by atoms with van der Waals surface area (Å²) in [7, 11) is 2.02. The molecule has 0 saturated carbocycles. The molecule has 1 fully saturated rings. The van der Waals surface area contributed by atoms with E-state index in [1.165, 1.54) is 18.7 Å². The Morgan fingerprint density at radius 3 is 2.69 bits per heavy atom. The van der Waals surface area contributed by atoms with Crippen molar-refractivity contribution in [2.24, 2.45) is 0 Å². The molecule has 1 aromatic rings. The molecule has 2 heteroatoms. The Hall–Kier alpha value is -1.02. The molecule has 0 spiro atoms. The summed E-state index contributed by atoms with van der Waals surface area (Å²) >= 11 is 0. The Morgan fingerprint density at radius 1 is 1.38 bits per heavy atom. The second kappa shape index (κ2) is 3.79. The predicted octanol–water partition coefficient (Wildman–Crippen LogP) is 1.48. The van der Waals surface area contributed by atoms with E-state index in [9.17, 15) is 0 Å². The third-order valence-corrected chi connectivity index (χ3v) is 2.67. The van der Waals surface area contributed by atoms with E-state index in [0.717, 1.165) is 6.54 Å². The van der Waals surface area contributed by atoms with Crippen LogP contribution < -0.4 is 10.2 Å². The molecule has 1 N–H and O–H groups in total. The number of hydrogen-bond donors (Lipinski definition) is 1. The minimum absolute atomic E-state index is 0.701. The molecule has 0 bridgehead atoms. The molecule has 2 nitrogen and oxygen atoms in total. The fourth-order valence-corrected chi connectivity index (χ4v) is 1.85. The van der Waals surface area contributed by atoms with Crippen molar-refractivity contribution in [3.8, 4) is 0 Å². The summed E-state index contributed by atoms with van der Waals surface area (Å²) < 4.78 is 0. The van der Waals surface area contributed by atoms with Crippen molar-refractivity contribution in [3.63, 3.8) is 0 Å². The van der Waals surface area contributed by atoms with Gasteiger partial charge in [-0.3, -0.25) is 0 Å². The van der Waals surface area contributed by atoms with E-state index in [2.05, 4.69) is 40.5 Å². The summed E-state index contributed by atoms with van der Waals surface area (Å²) in [5.41, 5.74) is 1.36. The van der Waals surface area contributed by atoms with E-state index in [4.69, 9.17) is 0 Å². The number of nitrogens with zero attached hydrogens (tertiary/aromatic N) is 1. The maximum Gasteiger partial charge on any atom is 0.0431 e. The Labute approximate surface area is 79.6 Å². The minimum atomic E-state index is 0.701. The van der Waals surface area contributed by atoms with E-state index in [0.29, 0.717) is 6.04 Å². The fraction of sp³-hybridized carbons (Fsp3) is 0.455. The van der Waals surface area contributed by atoms with Crippen LogP contribution in [0.1, 0.15) is 6.42 Å². The summed E-state index contributed by atoms with van der Waals surface area (Å²) in [6.45, 7) is 2.30. The molecule has 1 saturated heterocycles. The van der Waals surface area contributed by atoms with Gasteiger partial charge in [0.1, 0.15) is 0 Å². The molecule has 1 unspecified atom stereocenters. The van der Waals surface area contributed by atoms with Crippen molar-refractivity contribution < 1.29 is 0 Å². The van der Waals surface area contributed by atoms with E-state index >= 15 is 0 Å². The van der Waals surface area contributed by atoms with Crippen LogP contribution in [0.4, 0.5) is 5.69 Å². The number of nitrogens with one attached hydrogen (secondary N) is 1. The third-order valence-electron chi connectivity index (χ3n) is 2.67. The molecular formula is C11H16N2. The van der Waals surface area contributed by atoms with Gasteiger partial charge in [0, 0.05) is 24.8 Å². The third kappa shape index (κ3) is 1.68. The van der Waals surface area contributed by atoms with E-state index in [1.54, 1.807) is 0 Å². The smallest absolute Gasteiger partial charge is 0.0431 e. The molecular weight excluding hydrogens is 160 g/mol. The maximum atomic E-state index is 3.23. The standard InChI is InChI=1S/C11H16N2/c1-12-9-11-7-8-13(11)10-5-3-2-4-6-10/h2-6,11-12H,7-9H2,1H3. The van der Waals surface area contributed by atoms with Crippen molar-refractivity contribution in [1.82, 2.24) is 5.32 Å². The van der Waals surface area contributed by atoms with Crippen LogP contribution >= 0.6 is 0 Å². The van der Waals surface area contributed by atoms with Crippen LogP contribution in [0.15, 0.2) is 30.3 Å².